The summed E-state index contributed by atoms with van der Waals surface area (Å²) < 4.78 is 28.3. The van der Waals surface area contributed by atoms with Crippen molar-refractivity contribution in [3.05, 3.63) is 77.0 Å². The van der Waals surface area contributed by atoms with Crippen LogP contribution in [-0.2, 0) is 6.54 Å². The Bertz CT molecular complexity index is 1380. The topological polar surface area (TPSA) is 118 Å². The Balaban J connectivity index is 1.36. The number of aryl methyl sites for hydroxylation is 1. The number of carbonyl (C=O) groups is 2. The fourth-order valence-corrected chi connectivity index (χ4v) is 5.71. The molecule has 0 spiro atoms. The van der Waals surface area contributed by atoms with Crippen LogP contribution in [0.4, 0.5) is 25.0 Å². The highest BCUT2D eigenvalue weighted by atomic mass is 32.2. The average molecular weight is 583 g/mol. The van der Waals surface area contributed by atoms with Crippen LogP contribution in [0.2, 0.25) is 0 Å². The molecular weight excluding hydrogens is 546 g/mol. The summed E-state index contributed by atoms with van der Waals surface area (Å²) >= 11 is 1.59. The molecule has 0 bridgehead atoms. The first kappa shape index (κ1) is 30.3. The van der Waals surface area contributed by atoms with Gasteiger partial charge in [0, 0.05) is 54.6 Å². The molecular formula is C30H36F2N6O2S. The maximum absolute atomic E-state index is 14.4. The number of urea groups is 1. The van der Waals surface area contributed by atoms with E-state index in [2.05, 4.69) is 16.3 Å². The van der Waals surface area contributed by atoms with Gasteiger partial charge in [0.1, 0.15) is 16.7 Å². The van der Waals surface area contributed by atoms with Gasteiger partial charge in [0.25, 0.3) is 5.91 Å². The Morgan fingerprint density at radius 3 is 2.44 bits per heavy atom. The number of aromatic nitrogens is 1. The number of primary amides is 1. The van der Waals surface area contributed by atoms with Gasteiger partial charge in [-0.05, 0) is 68.1 Å². The number of rotatable bonds is 10. The average Bonchev–Trinajstić information content (AvgIpc) is 2.94. The normalized spacial score (nSPS) is 14.1. The van der Waals surface area contributed by atoms with Crippen LogP contribution in [-0.4, -0.2) is 52.4 Å². The molecule has 1 saturated heterocycles. The number of amides is 3. The number of nitrogens with two attached hydrogens (primary N) is 2. The summed E-state index contributed by atoms with van der Waals surface area (Å²) in [5, 5.41) is 3.45. The Morgan fingerprint density at radius 1 is 1.10 bits per heavy atom. The second-order valence-electron chi connectivity index (χ2n) is 10.2. The Kier molecular flexibility index (Phi) is 10.2. The second kappa shape index (κ2) is 13.8. The molecule has 1 aromatic heterocycles. The number of piperidine rings is 1. The molecule has 0 atom stereocenters. The van der Waals surface area contributed by atoms with Gasteiger partial charge < -0.3 is 21.7 Å². The number of pyridine rings is 1. The number of likely N-dealkylation sites (tertiary alicyclic amines) is 1. The second-order valence-corrected chi connectivity index (χ2v) is 11.3. The molecule has 8 nitrogen and oxygen atoms in total. The number of nitrogen functional groups attached to an aromatic ring is 1. The van der Waals surface area contributed by atoms with E-state index in [4.69, 9.17) is 16.5 Å². The number of nitrogens with one attached hydrogen (secondary N) is 1. The van der Waals surface area contributed by atoms with E-state index in [1.54, 1.807) is 16.7 Å². The molecule has 1 aliphatic heterocycles. The molecule has 5 N–H and O–H groups in total. The lowest BCUT2D eigenvalue weighted by Crippen LogP contribution is -2.49. The van der Waals surface area contributed by atoms with Crippen molar-refractivity contribution in [2.75, 3.05) is 30.7 Å². The maximum atomic E-state index is 14.4. The largest absolute Gasteiger partial charge is 0.399 e. The number of benzene rings is 2. The molecule has 2 heterocycles. The predicted molar refractivity (Wildman–Crippen MR) is 158 cm³/mol. The lowest BCUT2D eigenvalue weighted by molar-refractivity contribution is 0.0996. The first-order chi connectivity index (χ1) is 19.6. The van der Waals surface area contributed by atoms with Crippen molar-refractivity contribution in [1.82, 2.24) is 14.8 Å². The molecule has 3 amide bonds. The molecule has 0 unspecified atom stereocenters. The molecule has 0 radical (unpaired) electrons. The Morgan fingerprint density at radius 2 is 1.80 bits per heavy atom. The monoisotopic (exact) mass is 582 g/mol. The van der Waals surface area contributed by atoms with Crippen molar-refractivity contribution in [2.24, 2.45) is 5.73 Å². The van der Waals surface area contributed by atoms with Crippen LogP contribution in [0.1, 0.15) is 54.2 Å². The standard InChI is InChI=1S/C30H36F2N6O2S/c1-3-4-13-38(30(40)36-27-16-24(29(34)39)25(31)17-26(27)32)22-11-14-37(15-12-22)18-20-5-10-28(35-19(20)2)41-23-8-6-21(33)7-9-23/h5-10,16-17,22H,3-4,11-15,18,33H2,1-2H3,(H2,34,39)(H,36,40). The molecule has 0 saturated carbocycles. The quantitative estimate of drug-likeness (QED) is 0.260. The first-order valence-corrected chi connectivity index (χ1v) is 14.5. The SMILES string of the molecule is CCCCN(C(=O)Nc1cc(C(N)=O)c(F)cc1F)C1CCN(Cc2ccc(Sc3ccc(N)cc3)nc2C)CC1. The number of carbonyl (C=O) groups excluding carboxylic acids is 2. The molecule has 1 fully saturated rings. The van der Waals surface area contributed by atoms with Crippen molar-refractivity contribution in [1.29, 1.82) is 0 Å². The minimum atomic E-state index is -1.07. The fraction of sp³-hybridized carbons (Fsp3) is 0.367. The number of halogens is 2. The minimum absolute atomic E-state index is 0.0326. The highest BCUT2D eigenvalue weighted by Crippen LogP contribution is 2.28. The summed E-state index contributed by atoms with van der Waals surface area (Å²) in [6.45, 7) is 6.90. The van der Waals surface area contributed by atoms with Crippen LogP contribution in [0.5, 0.6) is 0 Å². The summed E-state index contributed by atoms with van der Waals surface area (Å²) in [5.41, 5.74) is 13.1. The van der Waals surface area contributed by atoms with E-state index in [0.717, 1.165) is 78.3 Å². The van der Waals surface area contributed by atoms with E-state index in [-0.39, 0.29) is 11.7 Å². The van der Waals surface area contributed by atoms with E-state index in [1.165, 1.54) is 0 Å². The van der Waals surface area contributed by atoms with Crippen LogP contribution >= 0.6 is 11.8 Å². The van der Waals surface area contributed by atoms with Crippen molar-refractivity contribution in [2.45, 2.75) is 62.0 Å². The zero-order valence-corrected chi connectivity index (χ0v) is 24.1. The molecule has 218 valence electrons. The van der Waals surface area contributed by atoms with Crippen LogP contribution in [0.25, 0.3) is 0 Å². The van der Waals surface area contributed by atoms with Crippen molar-refractivity contribution in [3.63, 3.8) is 0 Å². The maximum Gasteiger partial charge on any atom is 0.322 e. The highest BCUT2D eigenvalue weighted by Gasteiger charge is 2.29. The summed E-state index contributed by atoms with van der Waals surface area (Å²) in [7, 11) is 0. The lowest BCUT2D eigenvalue weighted by Gasteiger charge is -2.38. The van der Waals surface area contributed by atoms with Crippen molar-refractivity contribution < 1.29 is 18.4 Å². The third kappa shape index (κ3) is 7.95. The summed E-state index contributed by atoms with van der Waals surface area (Å²) in [6.07, 6.45) is 3.19. The van der Waals surface area contributed by atoms with Crippen LogP contribution in [0.3, 0.4) is 0 Å². The molecule has 0 aliphatic carbocycles. The van der Waals surface area contributed by atoms with Crippen LogP contribution in [0.15, 0.2) is 58.5 Å². The lowest BCUT2D eigenvalue weighted by atomic mass is 10.0. The number of unbranched alkanes of at least 4 members (excludes halogenated alkanes) is 1. The molecule has 3 aromatic rings. The van der Waals surface area contributed by atoms with Gasteiger partial charge in [-0.15, -0.1) is 0 Å². The Labute approximate surface area is 243 Å². The smallest absolute Gasteiger partial charge is 0.322 e. The van der Waals surface area contributed by atoms with E-state index >= 15 is 0 Å². The third-order valence-electron chi connectivity index (χ3n) is 7.24. The zero-order chi connectivity index (χ0) is 29.5. The van der Waals surface area contributed by atoms with Gasteiger partial charge in [-0.25, -0.2) is 18.6 Å². The third-order valence-corrected chi connectivity index (χ3v) is 8.19. The highest BCUT2D eigenvalue weighted by molar-refractivity contribution is 7.99. The number of hydrogen-bond donors (Lipinski definition) is 3. The van der Waals surface area contributed by atoms with Gasteiger partial charge >= 0.3 is 6.03 Å². The van der Waals surface area contributed by atoms with Crippen molar-refractivity contribution in [3.8, 4) is 0 Å². The fourth-order valence-electron chi connectivity index (χ4n) is 4.88. The number of hydrogen-bond acceptors (Lipinski definition) is 6. The summed E-state index contributed by atoms with van der Waals surface area (Å²) in [4.78, 5) is 34.7. The molecule has 41 heavy (non-hydrogen) atoms. The molecule has 4 rings (SSSR count). The first-order valence-electron chi connectivity index (χ1n) is 13.7. The van der Waals surface area contributed by atoms with Gasteiger partial charge in [-0.3, -0.25) is 9.69 Å². The minimum Gasteiger partial charge on any atom is -0.399 e. The molecule has 1 aliphatic rings. The van der Waals surface area contributed by atoms with E-state index in [0.29, 0.717) is 12.6 Å². The van der Waals surface area contributed by atoms with Gasteiger partial charge in [0.2, 0.25) is 0 Å². The van der Waals surface area contributed by atoms with Gasteiger partial charge in [-0.1, -0.05) is 31.2 Å². The van der Waals surface area contributed by atoms with E-state index < -0.39 is 29.1 Å². The molecule has 2 aromatic carbocycles. The number of nitrogens with zero attached hydrogens (tertiary/aromatic N) is 3. The molecule has 11 heteroatoms. The van der Waals surface area contributed by atoms with Crippen LogP contribution < -0.4 is 16.8 Å². The van der Waals surface area contributed by atoms with E-state index in [1.807, 2.05) is 44.2 Å². The Hall–Kier alpha value is -3.70. The predicted octanol–water partition coefficient (Wildman–Crippen LogP) is 5.80. The number of anilines is 2. The van der Waals surface area contributed by atoms with E-state index in [9.17, 15) is 18.4 Å². The van der Waals surface area contributed by atoms with Crippen molar-refractivity contribution >= 4 is 35.1 Å². The summed E-state index contributed by atoms with van der Waals surface area (Å²) in [5.74, 6) is -3.06. The van der Waals surface area contributed by atoms with Gasteiger partial charge in [0.15, 0.2) is 0 Å². The van der Waals surface area contributed by atoms with Gasteiger partial charge in [0.05, 0.1) is 11.3 Å². The van der Waals surface area contributed by atoms with Gasteiger partial charge in [-0.2, -0.15) is 0 Å². The van der Waals surface area contributed by atoms with Crippen LogP contribution in [0, 0.1) is 18.6 Å². The zero-order valence-electron chi connectivity index (χ0n) is 23.3. The summed E-state index contributed by atoms with van der Waals surface area (Å²) in [6, 6.07) is 12.9.